The molecule has 0 N–H and O–H groups in total. The molecule has 2 rings (SSSR count). The van der Waals surface area contributed by atoms with E-state index >= 15 is 0 Å². The molecule has 0 atom stereocenters. The monoisotopic (exact) mass is 216 g/mol. The first-order valence-electron chi connectivity index (χ1n) is 6.34. The van der Waals surface area contributed by atoms with E-state index in [0.717, 1.165) is 24.4 Å². The first-order valence-corrected chi connectivity index (χ1v) is 6.34. The molecule has 1 aromatic carbocycles. The summed E-state index contributed by atoms with van der Waals surface area (Å²) in [4.78, 5) is 0. The summed E-state index contributed by atoms with van der Waals surface area (Å²) in [6.07, 6.45) is 9.49. The summed E-state index contributed by atoms with van der Waals surface area (Å²) in [5.41, 5.74) is 1.34. The maximum atomic E-state index is 5.94. The molecule has 0 bridgehead atoms. The molecular weight excluding hydrogens is 196 g/mol. The van der Waals surface area contributed by atoms with E-state index in [1.165, 1.54) is 31.2 Å². The van der Waals surface area contributed by atoms with Crippen molar-refractivity contribution in [1.82, 2.24) is 0 Å². The van der Waals surface area contributed by atoms with Crippen LogP contribution in [0.3, 0.4) is 0 Å². The molecule has 1 nitrogen and oxygen atoms in total. The van der Waals surface area contributed by atoms with Gasteiger partial charge in [-0.15, -0.1) is 0 Å². The third kappa shape index (κ3) is 3.13. The van der Waals surface area contributed by atoms with E-state index in [4.69, 9.17) is 4.74 Å². The minimum Gasteiger partial charge on any atom is -0.462 e. The van der Waals surface area contributed by atoms with Crippen LogP contribution in [-0.4, -0.2) is 0 Å². The standard InChI is InChI=1S/C15H20O/c1-2-13-8-7-11-15(12-13)16-14-9-5-3-4-6-10-14/h7-9,11-12H,2-6,10H2,1H3. The topological polar surface area (TPSA) is 9.23 Å². The number of rotatable bonds is 3. The number of benzene rings is 1. The fourth-order valence-electron chi connectivity index (χ4n) is 2.06. The van der Waals surface area contributed by atoms with Gasteiger partial charge in [-0.3, -0.25) is 0 Å². The number of hydrogen-bond acceptors (Lipinski definition) is 1. The quantitative estimate of drug-likeness (QED) is 0.724. The number of hydrogen-bond donors (Lipinski definition) is 0. The lowest BCUT2D eigenvalue weighted by Gasteiger charge is -2.09. The Bertz CT molecular complexity index is 365. The van der Waals surface area contributed by atoms with Gasteiger partial charge in [-0.05, 0) is 49.5 Å². The van der Waals surface area contributed by atoms with Gasteiger partial charge in [0.05, 0.1) is 0 Å². The molecule has 1 aliphatic rings. The van der Waals surface area contributed by atoms with Gasteiger partial charge in [-0.2, -0.15) is 0 Å². The lowest BCUT2D eigenvalue weighted by molar-refractivity contribution is 0.399. The van der Waals surface area contributed by atoms with Crippen LogP contribution in [0.2, 0.25) is 0 Å². The summed E-state index contributed by atoms with van der Waals surface area (Å²) >= 11 is 0. The van der Waals surface area contributed by atoms with E-state index in [9.17, 15) is 0 Å². The zero-order valence-corrected chi connectivity index (χ0v) is 10.0. The normalized spacial score (nSPS) is 16.4. The zero-order valence-electron chi connectivity index (χ0n) is 10.0. The second-order valence-corrected chi connectivity index (χ2v) is 4.37. The zero-order chi connectivity index (χ0) is 11.2. The molecule has 16 heavy (non-hydrogen) atoms. The van der Waals surface area contributed by atoms with Crippen molar-refractivity contribution in [2.75, 3.05) is 0 Å². The molecular formula is C15H20O. The molecule has 1 aliphatic carbocycles. The van der Waals surface area contributed by atoms with Crippen LogP contribution in [0.5, 0.6) is 5.75 Å². The van der Waals surface area contributed by atoms with E-state index in [0.29, 0.717) is 0 Å². The summed E-state index contributed by atoms with van der Waals surface area (Å²) in [6.45, 7) is 2.17. The van der Waals surface area contributed by atoms with E-state index in [1.54, 1.807) is 0 Å². The fourth-order valence-corrected chi connectivity index (χ4v) is 2.06. The molecule has 0 saturated carbocycles. The molecule has 0 spiro atoms. The Labute approximate surface area is 98.1 Å². The molecule has 86 valence electrons. The molecule has 0 amide bonds. The van der Waals surface area contributed by atoms with Gasteiger partial charge in [0, 0.05) is 6.42 Å². The molecule has 1 heteroatoms. The fraction of sp³-hybridized carbons (Fsp3) is 0.467. The third-order valence-electron chi connectivity index (χ3n) is 3.05. The van der Waals surface area contributed by atoms with Crippen LogP contribution in [0.4, 0.5) is 0 Å². The van der Waals surface area contributed by atoms with E-state index in [2.05, 4.69) is 31.2 Å². The maximum Gasteiger partial charge on any atom is 0.127 e. The molecule has 0 fully saturated rings. The molecule has 0 aliphatic heterocycles. The van der Waals surface area contributed by atoms with Gasteiger partial charge in [0.2, 0.25) is 0 Å². The maximum absolute atomic E-state index is 5.94. The van der Waals surface area contributed by atoms with Crippen LogP contribution < -0.4 is 4.74 Å². The van der Waals surface area contributed by atoms with Crippen molar-refractivity contribution in [2.24, 2.45) is 0 Å². The predicted molar refractivity (Wildman–Crippen MR) is 67.6 cm³/mol. The Balaban J connectivity index is 2.04. The van der Waals surface area contributed by atoms with Crippen LogP contribution in [0.1, 0.15) is 44.6 Å². The van der Waals surface area contributed by atoms with Gasteiger partial charge < -0.3 is 4.74 Å². The van der Waals surface area contributed by atoms with Crippen molar-refractivity contribution in [3.63, 3.8) is 0 Å². The highest BCUT2D eigenvalue weighted by molar-refractivity contribution is 5.29. The highest BCUT2D eigenvalue weighted by Gasteiger charge is 2.05. The van der Waals surface area contributed by atoms with Crippen LogP contribution in [0, 0.1) is 0 Å². The highest BCUT2D eigenvalue weighted by Crippen LogP contribution is 2.22. The van der Waals surface area contributed by atoms with Crippen LogP contribution in [0.15, 0.2) is 36.1 Å². The highest BCUT2D eigenvalue weighted by atomic mass is 16.5. The molecule has 0 radical (unpaired) electrons. The van der Waals surface area contributed by atoms with Gasteiger partial charge >= 0.3 is 0 Å². The van der Waals surface area contributed by atoms with Crippen molar-refractivity contribution in [2.45, 2.75) is 45.4 Å². The van der Waals surface area contributed by atoms with Crippen LogP contribution in [0.25, 0.3) is 0 Å². The molecule has 0 aromatic heterocycles. The average Bonchev–Trinajstić information content (AvgIpc) is 2.58. The molecule has 1 aromatic rings. The minimum absolute atomic E-state index is 0.993. The van der Waals surface area contributed by atoms with Crippen molar-refractivity contribution >= 4 is 0 Å². The Kier molecular flexibility index (Phi) is 4.03. The lowest BCUT2D eigenvalue weighted by atomic mass is 10.1. The average molecular weight is 216 g/mol. The van der Waals surface area contributed by atoms with Gasteiger partial charge in [-0.1, -0.05) is 25.5 Å². The number of aryl methyl sites for hydroxylation is 1. The molecule has 0 unspecified atom stereocenters. The van der Waals surface area contributed by atoms with Gasteiger partial charge in [0.15, 0.2) is 0 Å². The van der Waals surface area contributed by atoms with Crippen molar-refractivity contribution < 1.29 is 4.74 Å². The number of ether oxygens (including phenoxy) is 1. The van der Waals surface area contributed by atoms with Gasteiger partial charge in [0.25, 0.3) is 0 Å². The molecule has 0 heterocycles. The van der Waals surface area contributed by atoms with Gasteiger partial charge in [0.1, 0.15) is 11.5 Å². The van der Waals surface area contributed by atoms with E-state index < -0.39 is 0 Å². The smallest absolute Gasteiger partial charge is 0.127 e. The second kappa shape index (κ2) is 5.74. The first kappa shape index (κ1) is 11.3. The Morgan fingerprint density at radius 2 is 2.12 bits per heavy atom. The van der Waals surface area contributed by atoms with E-state index in [1.807, 2.05) is 6.07 Å². The Hall–Kier alpha value is -1.24. The van der Waals surface area contributed by atoms with Crippen LogP contribution in [-0.2, 0) is 6.42 Å². The first-order chi connectivity index (χ1) is 7.88. The van der Waals surface area contributed by atoms with E-state index in [-0.39, 0.29) is 0 Å². The SMILES string of the molecule is CCc1cccc(OC2=CCCCCC2)c1. The molecule has 0 saturated heterocycles. The number of allylic oxidation sites excluding steroid dienone is 2. The predicted octanol–water partition coefficient (Wildman–Crippen LogP) is 4.48. The lowest BCUT2D eigenvalue weighted by Crippen LogP contribution is -1.95. The Morgan fingerprint density at radius 1 is 1.19 bits per heavy atom. The van der Waals surface area contributed by atoms with Crippen molar-refractivity contribution in [3.8, 4) is 5.75 Å². The third-order valence-corrected chi connectivity index (χ3v) is 3.05. The van der Waals surface area contributed by atoms with Crippen molar-refractivity contribution in [1.29, 1.82) is 0 Å². The van der Waals surface area contributed by atoms with Crippen molar-refractivity contribution in [3.05, 3.63) is 41.7 Å². The van der Waals surface area contributed by atoms with Crippen LogP contribution >= 0.6 is 0 Å². The summed E-state index contributed by atoms with van der Waals surface area (Å²) in [7, 11) is 0. The Morgan fingerprint density at radius 3 is 3.00 bits per heavy atom. The summed E-state index contributed by atoms with van der Waals surface area (Å²) in [6, 6.07) is 8.41. The summed E-state index contributed by atoms with van der Waals surface area (Å²) in [5.74, 6) is 2.15. The minimum atomic E-state index is 0.993. The summed E-state index contributed by atoms with van der Waals surface area (Å²) < 4.78 is 5.94. The second-order valence-electron chi connectivity index (χ2n) is 4.37. The largest absolute Gasteiger partial charge is 0.462 e. The summed E-state index contributed by atoms with van der Waals surface area (Å²) in [5, 5.41) is 0. The van der Waals surface area contributed by atoms with Gasteiger partial charge in [-0.25, -0.2) is 0 Å².